The van der Waals surface area contributed by atoms with Crippen molar-refractivity contribution < 1.29 is 14.3 Å². The summed E-state index contributed by atoms with van der Waals surface area (Å²) in [6.45, 7) is 2.11. The van der Waals surface area contributed by atoms with E-state index in [1.807, 2.05) is 42.5 Å². The van der Waals surface area contributed by atoms with E-state index in [-0.39, 0.29) is 12.5 Å². The lowest BCUT2D eigenvalue weighted by Crippen LogP contribution is -2.24. The predicted molar refractivity (Wildman–Crippen MR) is 96.9 cm³/mol. The lowest BCUT2D eigenvalue weighted by atomic mass is 10.2. The molecule has 0 aliphatic carbocycles. The van der Waals surface area contributed by atoms with Crippen molar-refractivity contribution in [2.75, 3.05) is 11.9 Å². The molecule has 2 N–H and O–H groups in total. The quantitative estimate of drug-likeness (QED) is 0.650. The molecule has 0 bridgehead atoms. The van der Waals surface area contributed by atoms with Gasteiger partial charge in [-0.2, -0.15) is 0 Å². The summed E-state index contributed by atoms with van der Waals surface area (Å²) in [4.78, 5) is 22.6. The molecule has 5 nitrogen and oxygen atoms in total. The fourth-order valence-corrected chi connectivity index (χ4v) is 2.04. The molecular weight excluding hydrogens is 316 g/mol. The Morgan fingerprint density at radius 3 is 2.64 bits per heavy atom. The molecule has 0 saturated carbocycles. The largest absolute Gasteiger partial charge is 0.445 e. The Hall–Kier alpha value is -3.26. The van der Waals surface area contributed by atoms with Crippen molar-refractivity contribution in [3.63, 3.8) is 0 Å². The Bertz CT molecular complexity index is 776. The van der Waals surface area contributed by atoms with Gasteiger partial charge in [0.05, 0.1) is 0 Å². The van der Waals surface area contributed by atoms with Gasteiger partial charge in [-0.15, -0.1) is 0 Å². The number of alkyl carbamates (subject to hydrolysis) is 1. The first kappa shape index (κ1) is 18.1. The summed E-state index contributed by atoms with van der Waals surface area (Å²) in [6.07, 6.45) is 0.0449. The van der Waals surface area contributed by atoms with E-state index in [2.05, 4.69) is 22.5 Å². The van der Waals surface area contributed by atoms with Gasteiger partial charge in [0.25, 0.3) is 0 Å². The molecule has 0 atom stereocenters. The van der Waals surface area contributed by atoms with Gasteiger partial charge in [0, 0.05) is 31.1 Å². The second-order valence-electron chi connectivity index (χ2n) is 5.30. The van der Waals surface area contributed by atoms with E-state index in [1.54, 1.807) is 12.1 Å². The maximum absolute atomic E-state index is 11.6. The van der Waals surface area contributed by atoms with E-state index < -0.39 is 6.09 Å². The number of hydrogen-bond donors (Lipinski definition) is 2. The number of hydrogen-bond acceptors (Lipinski definition) is 3. The van der Waals surface area contributed by atoms with Crippen LogP contribution in [0.3, 0.4) is 0 Å². The van der Waals surface area contributed by atoms with Crippen molar-refractivity contribution in [2.45, 2.75) is 20.0 Å². The second-order valence-corrected chi connectivity index (χ2v) is 5.30. The molecule has 25 heavy (non-hydrogen) atoms. The molecule has 0 aliphatic heterocycles. The number of carbonyl (C=O) groups is 2. The van der Waals surface area contributed by atoms with Gasteiger partial charge >= 0.3 is 6.09 Å². The van der Waals surface area contributed by atoms with Gasteiger partial charge in [0.1, 0.15) is 6.61 Å². The summed E-state index contributed by atoms with van der Waals surface area (Å²) in [7, 11) is 0. The van der Waals surface area contributed by atoms with Crippen LogP contribution in [0.2, 0.25) is 0 Å². The maximum Gasteiger partial charge on any atom is 0.407 e. The highest BCUT2D eigenvalue weighted by Crippen LogP contribution is 2.09. The Balaban J connectivity index is 1.70. The minimum Gasteiger partial charge on any atom is -0.445 e. The molecule has 2 amide bonds. The fraction of sp³-hybridized carbons (Fsp3) is 0.200. The molecule has 2 rings (SSSR count). The predicted octanol–water partition coefficient (Wildman–Crippen LogP) is 3.31. The van der Waals surface area contributed by atoms with Gasteiger partial charge in [0.2, 0.25) is 5.91 Å². The molecule has 0 aromatic heterocycles. The molecule has 2 aromatic carbocycles. The van der Waals surface area contributed by atoms with Crippen LogP contribution in [0.1, 0.15) is 24.5 Å². The van der Waals surface area contributed by atoms with Gasteiger partial charge in [-0.3, -0.25) is 4.79 Å². The summed E-state index contributed by atoms with van der Waals surface area (Å²) in [5.41, 5.74) is 2.45. The second kappa shape index (κ2) is 9.78. The van der Waals surface area contributed by atoms with Crippen molar-refractivity contribution in [3.05, 3.63) is 65.7 Å². The van der Waals surface area contributed by atoms with Crippen LogP contribution in [-0.2, 0) is 16.1 Å². The zero-order chi connectivity index (χ0) is 17.9. The number of rotatable bonds is 5. The van der Waals surface area contributed by atoms with Gasteiger partial charge < -0.3 is 15.4 Å². The highest BCUT2D eigenvalue weighted by atomic mass is 16.5. The van der Waals surface area contributed by atoms with Crippen LogP contribution in [0.4, 0.5) is 10.5 Å². The minimum atomic E-state index is -0.460. The lowest BCUT2D eigenvalue weighted by molar-refractivity contribution is -0.114. The molecule has 128 valence electrons. The molecule has 0 heterocycles. The van der Waals surface area contributed by atoms with Crippen LogP contribution < -0.4 is 10.6 Å². The van der Waals surface area contributed by atoms with E-state index in [4.69, 9.17) is 4.74 Å². The average Bonchev–Trinajstić information content (AvgIpc) is 2.60. The Kier molecular flexibility index (Phi) is 7.08. The number of benzene rings is 2. The Labute approximate surface area is 147 Å². The molecule has 5 heteroatoms. The molecule has 0 spiro atoms. The average molecular weight is 336 g/mol. The molecular formula is C20H20N2O3. The van der Waals surface area contributed by atoms with Crippen molar-refractivity contribution in [2.24, 2.45) is 0 Å². The van der Waals surface area contributed by atoms with Crippen LogP contribution in [0.5, 0.6) is 0 Å². The van der Waals surface area contributed by atoms with Gasteiger partial charge in [-0.05, 0) is 23.8 Å². The third kappa shape index (κ3) is 7.23. The number of ether oxygens (including phenoxy) is 1. The molecule has 0 aliphatic rings. The zero-order valence-electron chi connectivity index (χ0n) is 14.0. The summed E-state index contributed by atoms with van der Waals surface area (Å²) >= 11 is 0. The third-order valence-corrected chi connectivity index (χ3v) is 3.15. The van der Waals surface area contributed by atoms with Crippen LogP contribution in [0, 0.1) is 11.8 Å². The zero-order valence-corrected chi connectivity index (χ0v) is 14.0. The summed E-state index contributed by atoms with van der Waals surface area (Å²) in [5, 5.41) is 5.36. The van der Waals surface area contributed by atoms with Crippen molar-refractivity contribution in [3.8, 4) is 11.8 Å². The molecule has 0 saturated heterocycles. The van der Waals surface area contributed by atoms with Crippen LogP contribution in [0.15, 0.2) is 54.6 Å². The van der Waals surface area contributed by atoms with E-state index >= 15 is 0 Å². The smallest absolute Gasteiger partial charge is 0.407 e. The minimum absolute atomic E-state index is 0.122. The van der Waals surface area contributed by atoms with E-state index in [9.17, 15) is 9.59 Å². The molecule has 0 fully saturated rings. The standard InChI is InChI=1S/C20H20N2O3/c1-16(23)22-19-12-7-11-17(14-19)8-5-6-13-21-20(24)25-15-18-9-3-2-4-10-18/h2-4,7,9-12,14H,6,13,15H2,1H3,(H,21,24)(H,22,23). The first-order valence-electron chi connectivity index (χ1n) is 7.94. The lowest BCUT2D eigenvalue weighted by Gasteiger charge is -2.05. The first-order chi connectivity index (χ1) is 12.1. The number of amides is 2. The van der Waals surface area contributed by atoms with E-state index in [0.29, 0.717) is 18.7 Å². The molecule has 0 radical (unpaired) electrons. The van der Waals surface area contributed by atoms with Crippen LogP contribution in [0.25, 0.3) is 0 Å². The van der Waals surface area contributed by atoms with Crippen LogP contribution >= 0.6 is 0 Å². The molecule has 2 aromatic rings. The number of carbonyl (C=O) groups excluding carboxylic acids is 2. The van der Waals surface area contributed by atoms with Crippen molar-refractivity contribution in [1.82, 2.24) is 5.32 Å². The van der Waals surface area contributed by atoms with E-state index in [1.165, 1.54) is 6.92 Å². The summed E-state index contributed by atoms with van der Waals surface area (Å²) < 4.78 is 5.11. The third-order valence-electron chi connectivity index (χ3n) is 3.15. The maximum atomic E-state index is 11.6. The topological polar surface area (TPSA) is 67.4 Å². The Morgan fingerprint density at radius 1 is 1.08 bits per heavy atom. The SMILES string of the molecule is CC(=O)Nc1cccc(C#CCCNC(=O)OCc2ccccc2)c1. The monoisotopic (exact) mass is 336 g/mol. The van der Waals surface area contributed by atoms with Crippen molar-refractivity contribution >= 4 is 17.7 Å². The van der Waals surface area contributed by atoms with E-state index in [0.717, 1.165) is 11.1 Å². The summed E-state index contributed by atoms with van der Waals surface area (Å²) in [6, 6.07) is 16.8. The highest BCUT2D eigenvalue weighted by molar-refractivity contribution is 5.88. The van der Waals surface area contributed by atoms with Gasteiger partial charge in [0.15, 0.2) is 0 Å². The van der Waals surface area contributed by atoms with Crippen LogP contribution in [-0.4, -0.2) is 18.5 Å². The highest BCUT2D eigenvalue weighted by Gasteiger charge is 2.00. The van der Waals surface area contributed by atoms with Gasteiger partial charge in [-0.1, -0.05) is 48.2 Å². The first-order valence-corrected chi connectivity index (χ1v) is 7.94. The normalized spacial score (nSPS) is 9.48. The van der Waals surface area contributed by atoms with Gasteiger partial charge in [-0.25, -0.2) is 4.79 Å². The van der Waals surface area contributed by atoms with Crippen molar-refractivity contribution in [1.29, 1.82) is 0 Å². The number of anilines is 1. The summed E-state index contributed by atoms with van der Waals surface area (Å²) in [5.74, 6) is 5.85. The Morgan fingerprint density at radius 2 is 1.88 bits per heavy atom. The number of nitrogens with one attached hydrogen (secondary N) is 2. The fourth-order valence-electron chi connectivity index (χ4n) is 2.04. The molecule has 0 unspecified atom stereocenters.